The van der Waals surface area contributed by atoms with E-state index in [2.05, 4.69) is 10.3 Å². The van der Waals surface area contributed by atoms with Crippen molar-refractivity contribution in [2.45, 2.75) is 12.5 Å². The number of pyridine rings is 1. The van der Waals surface area contributed by atoms with Crippen LogP contribution in [0.4, 0.5) is 11.5 Å². The van der Waals surface area contributed by atoms with Crippen LogP contribution in [0.25, 0.3) is 0 Å². The number of anilines is 2. The number of nitrogens with two attached hydrogens (primary N) is 1. The molecule has 1 aromatic rings. The molecule has 1 aliphatic rings. The van der Waals surface area contributed by atoms with E-state index in [9.17, 15) is 8.42 Å². The smallest absolute Gasteiger partial charge is 0.152 e. The Bertz CT molecular complexity index is 503. The molecule has 1 aliphatic heterocycles. The molecular formula is C9H12ClN3O2S. The summed E-state index contributed by atoms with van der Waals surface area (Å²) in [7, 11) is -2.89. The van der Waals surface area contributed by atoms with Gasteiger partial charge in [-0.05, 0) is 12.5 Å². The van der Waals surface area contributed by atoms with Gasteiger partial charge in [-0.3, -0.25) is 0 Å². The Morgan fingerprint density at radius 3 is 2.88 bits per heavy atom. The van der Waals surface area contributed by atoms with Gasteiger partial charge >= 0.3 is 0 Å². The van der Waals surface area contributed by atoms with Gasteiger partial charge in [-0.15, -0.1) is 0 Å². The second-order valence-corrected chi connectivity index (χ2v) is 6.48. The minimum atomic E-state index is -2.89. The highest BCUT2D eigenvalue weighted by Gasteiger charge is 2.28. The second-order valence-electron chi connectivity index (χ2n) is 3.84. The van der Waals surface area contributed by atoms with Crippen LogP contribution in [0.1, 0.15) is 6.42 Å². The highest BCUT2D eigenvalue weighted by atomic mass is 35.5. The summed E-state index contributed by atoms with van der Waals surface area (Å²) in [5.74, 6) is 0.838. The lowest BCUT2D eigenvalue weighted by molar-refractivity contribution is 0.602. The van der Waals surface area contributed by atoms with Crippen LogP contribution in [0.2, 0.25) is 5.02 Å². The van der Waals surface area contributed by atoms with Crippen LogP contribution in [0.15, 0.2) is 12.3 Å². The molecule has 1 aromatic heterocycles. The highest BCUT2D eigenvalue weighted by molar-refractivity contribution is 7.91. The van der Waals surface area contributed by atoms with Crippen molar-refractivity contribution in [1.82, 2.24) is 4.98 Å². The monoisotopic (exact) mass is 261 g/mol. The number of halogens is 1. The molecule has 3 N–H and O–H groups in total. The number of nitrogens with one attached hydrogen (secondary N) is 1. The van der Waals surface area contributed by atoms with Crippen molar-refractivity contribution in [2.75, 3.05) is 22.6 Å². The highest BCUT2D eigenvalue weighted by Crippen LogP contribution is 2.24. The van der Waals surface area contributed by atoms with Crippen LogP contribution in [-0.2, 0) is 9.84 Å². The minimum absolute atomic E-state index is 0.112. The average molecular weight is 262 g/mol. The Balaban J connectivity index is 2.11. The first kappa shape index (κ1) is 11.5. The van der Waals surface area contributed by atoms with Crippen molar-refractivity contribution in [3.8, 4) is 0 Å². The molecule has 1 fully saturated rings. The van der Waals surface area contributed by atoms with Gasteiger partial charge in [0.15, 0.2) is 9.84 Å². The van der Waals surface area contributed by atoms with Gasteiger partial charge < -0.3 is 11.1 Å². The lowest BCUT2D eigenvalue weighted by Gasteiger charge is -2.12. The molecule has 0 radical (unpaired) electrons. The zero-order valence-electron chi connectivity index (χ0n) is 8.48. The van der Waals surface area contributed by atoms with E-state index in [0.717, 1.165) is 0 Å². The molecule has 0 amide bonds. The summed E-state index contributed by atoms with van der Waals surface area (Å²) in [6.07, 6.45) is 2.07. The van der Waals surface area contributed by atoms with E-state index in [1.54, 1.807) is 6.07 Å². The van der Waals surface area contributed by atoms with Gasteiger partial charge in [-0.1, -0.05) is 11.6 Å². The van der Waals surface area contributed by atoms with Gasteiger partial charge in [-0.25, -0.2) is 13.4 Å². The molecule has 1 atom stereocenters. The number of aromatic nitrogens is 1. The first-order chi connectivity index (χ1) is 7.46. The molecule has 0 aliphatic carbocycles. The van der Waals surface area contributed by atoms with Gasteiger partial charge in [0, 0.05) is 6.04 Å². The molecular weight excluding hydrogens is 250 g/mol. The zero-order chi connectivity index (χ0) is 11.8. The maximum atomic E-state index is 11.3. The Labute approximate surface area is 98.9 Å². The van der Waals surface area contributed by atoms with Crippen molar-refractivity contribution in [3.63, 3.8) is 0 Å². The number of hydrogen-bond acceptors (Lipinski definition) is 5. The summed E-state index contributed by atoms with van der Waals surface area (Å²) >= 11 is 5.92. The predicted octanol–water partition coefficient (Wildman–Crippen LogP) is 0.916. The molecule has 2 rings (SSSR count). The second kappa shape index (κ2) is 4.10. The number of rotatable bonds is 2. The lowest BCUT2D eigenvalue weighted by atomic mass is 10.2. The SMILES string of the molecule is Nc1cnc(NC2CCS(=O)(=O)C2)c(Cl)c1. The number of nitrogen functional groups attached to an aromatic ring is 1. The van der Waals surface area contributed by atoms with Crippen LogP contribution >= 0.6 is 11.6 Å². The molecule has 16 heavy (non-hydrogen) atoms. The first-order valence-corrected chi connectivity index (χ1v) is 7.04. The van der Waals surface area contributed by atoms with Crippen molar-refractivity contribution < 1.29 is 8.42 Å². The fourth-order valence-electron chi connectivity index (χ4n) is 1.66. The molecule has 5 nitrogen and oxygen atoms in total. The van der Waals surface area contributed by atoms with Gasteiger partial charge in [0.25, 0.3) is 0 Å². The van der Waals surface area contributed by atoms with Crippen LogP contribution in [-0.4, -0.2) is 30.9 Å². The fourth-order valence-corrected chi connectivity index (χ4v) is 3.56. The van der Waals surface area contributed by atoms with Crippen molar-refractivity contribution in [3.05, 3.63) is 17.3 Å². The van der Waals surface area contributed by atoms with E-state index in [4.69, 9.17) is 17.3 Å². The van der Waals surface area contributed by atoms with E-state index in [1.165, 1.54) is 6.20 Å². The van der Waals surface area contributed by atoms with Crippen molar-refractivity contribution >= 4 is 32.9 Å². The molecule has 1 unspecified atom stereocenters. The summed E-state index contributed by atoms with van der Waals surface area (Å²) < 4.78 is 22.5. The number of hydrogen-bond donors (Lipinski definition) is 2. The Hall–Kier alpha value is -1.01. The standard InChI is InChI=1S/C9H12ClN3O2S/c10-8-3-6(11)4-12-9(8)13-7-1-2-16(14,15)5-7/h3-4,7H,1-2,5,11H2,(H,12,13). The molecule has 1 saturated heterocycles. The van der Waals surface area contributed by atoms with Gasteiger partial charge in [0.2, 0.25) is 0 Å². The summed E-state index contributed by atoms with van der Waals surface area (Å²) in [5, 5.41) is 3.42. The lowest BCUT2D eigenvalue weighted by Crippen LogP contribution is -2.21. The summed E-state index contributed by atoms with van der Waals surface area (Å²) in [4.78, 5) is 4.03. The number of sulfone groups is 1. The van der Waals surface area contributed by atoms with Crippen LogP contribution in [0.5, 0.6) is 0 Å². The maximum Gasteiger partial charge on any atom is 0.152 e. The quantitative estimate of drug-likeness (QED) is 0.827. The number of nitrogens with zero attached hydrogens (tertiary/aromatic N) is 1. The molecule has 2 heterocycles. The van der Waals surface area contributed by atoms with E-state index in [-0.39, 0.29) is 17.5 Å². The molecule has 0 aromatic carbocycles. The maximum absolute atomic E-state index is 11.3. The molecule has 0 spiro atoms. The Morgan fingerprint density at radius 2 is 2.31 bits per heavy atom. The van der Waals surface area contributed by atoms with Gasteiger partial charge in [0.1, 0.15) is 5.82 Å². The van der Waals surface area contributed by atoms with E-state index >= 15 is 0 Å². The van der Waals surface area contributed by atoms with Gasteiger partial charge in [0.05, 0.1) is 28.4 Å². The summed E-state index contributed by atoms with van der Waals surface area (Å²) in [5.41, 5.74) is 5.99. The third kappa shape index (κ3) is 2.56. The van der Waals surface area contributed by atoms with Crippen LogP contribution in [0.3, 0.4) is 0 Å². The molecule has 7 heteroatoms. The van der Waals surface area contributed by atoms with Crippen molar-refractivity contribution in [1.29, 1.82) is 0 Å². The normalized spacial score (nSPS) is 23.2. The third-order valence-corrected chi connectivity index (χ3v) is 4.49. The Morgan fingerprint density at radius 1 is 1.56 bits per heavy atom. The molecule has 0 bridgehead atoms. The Kier molecular flexibility index (Phi) is 2.94. The molecule has 0 saturated carbocycles. The van der Waals surface area contributed by atoms with Crippen LogP contribution in [0, 0.1) is 0 Å². The first-order valence-electron chi connectivity index (χ1n) is 4.84. The van der Waals surface area contributed by atoms with E-state index in [1.807, 2.05) is 0 Å². The van der Waals surface area contributed by atoms with Gasteiger partial charge in [-0.2, -0.15) is 0 Å². The summed E-state index contributed by atoms with van der Waals surface area (Å²) in [6.45, 7) is 0. The predicted molar refractivity (Wildman–Crippen MR) is 64.3 cm³/mol. The van der Waals surface area contributed by atoms with E-state index in [0.29, 0.717) is 22.9 Å². The molecule has 88 valence electrons. The minimum Gasteiger partial charge on any atom is -0.397 e. The van der Waals surface area contributed by atoms with Crippen LogP contribution < -0.4 is 11.1 Å². The largest absolute Gasteiger partial charge is 0.397 e. The van der Waals surface area contributed by atoms with Crippen molar-refractivity contribution in [2.24, 2.45) is 0 Å². The average Bonchev–Trinajstić information content (AvgIpc) is 2.51. The topological polar surface area (TPSA) is 85.1 Å². The van der Waals surface area contributed by atoms with E-state index < -0.39 is 9.84 Å². The summed E-state index contributed by atoms with van der Waals surface area (Å²) in [6, 6.07) is 1.47. The third-order valence-electron chi connectivity index (χ3n) is 2.44. The fraction of sp³-hybridized carbons (Fsp3) is 0.444. The zero-order valence-corrected chi connectivity index (χ0v) is 10.1.